The number of nitrogens with zero attached hydrogens (tertiary/aromatic N) is 20. The number of aryl methyl sites for hydroxylation is 2. The van der Waals surface area contributed by atoms with Crippen molar-refractivity contribution in [3.05, 3.63) is 243 Å². The number of azo groups is 4. The molecule has 0 spiro atoms. The summed E-state index contributed by atoms with van der Waals surface area (Å²) in [6.45, 7) is 32.7. The first-order valence-electron chi connectivity index (χ1n) is 45.0. The van der Waals surface area contributed by atoms with Crippen LogP contribution in [-0.2, 0) is 51.9 Å². The Morgan fingerprint density at radius 3 is 0.899 bits per heavy atom. The summed E-state index contributed by atoms with van der Waals surface area (Å²) >= 11 is 0. The number of hydrogen-bond acceptors (Lipinski definition) is 28. The van der Waals surface area contributed by atoms with Crippen LogP contribution < -0.4 is 38.5 Å². The second-order valence-corrected chi connectivity index (χ2v) is 39.8. The molecule has 0 heterocycles. The minimum absolute atomic E-state index is 0.124. The summed E-state index contributed by atoms with van der Waals surface area (Å²) in [6, 6.07) is 68.7. The highest BCUT2D eigenvalue weighted by molar-refractivity contribution is 7.93. The van der Waals surface area contributed by atoms with E-state index < -0.39 is 40.1 Å². The van der Waals surface area contributed by atoms with Gasteiger partial charge in [0.05, 0.1) is 90.9 Å². The van der Waals surface area contributed by atoms with Gasteiger partial charge in [-0.25, -0.2) is 33.7 Å². The highest BCUT2D eigenvalue weighted by Gasteiger charge is 2.25. The molecular formula is C102H116N24O8S4. The fourth-order valence-electron chi connectivity index (χ4n) is 14.1. The van der Waals surface area contributed by atoms with Gasteiger partial charge >= 0.3 is 0 Å². The third kappa shape index (κ3) is 32.5. The van der Waals surface area contributed by atoms with E-state index in [1.54, 1.807) is 122 Å². The Kier molecular flexibility index (Phi) is 41.8. The standard InChI is InChI=1S/C29H32N6O2S.C25H24N6O2S.C25H32N6O2S.C23H28N6O2S/c1-4-6-15-35(16-7-5-2)25-13-14-27(28(19-25)34-38(36,37)26-11-9-8-10-12-26)32-33-29-23(20-30)17-22(3)18-24(29)21-31;1-4-31(5-2)22-11-12-23(24(15-22)30-34(3,32)33)28-29-25-20(16-26)13-19(14-21(25)17-27)18-9-7-6-8-10-18;1-7-11-31(12-8-2)21-9-10-22(23(15-21)30-34(6,32)33)28-29-24-18(16-26)13-20(25(3,4)5)14-19(24)17-27;1-5-8-9-17-12-18(15-24)23(19(13-17)16-25)27-26-21-11-10-20(29(6-2)7-3)14-22(21)28-32(4,30)31/h8-14,17-19,34H,4-7,15-16H2,1-3H3;6-15,30H,4-5H2,1-3H3;9-10,13-15,30H,7-8,11-12H2,1-6H3;10-14,28H,5-9H2,1-4H3. The molecule has 716 valence electrons. The van der Waals surface area contributed by atoms with Gasteiger partial charge in [0.15, 0.2) is 0 Å². The molecule has 0 bridgehead atoms. The Morgan fingerprint density at radius 1 is 0.312 bits per heavy atom. The topological polar surface area (TPSA) is 487 Å². The molecule has 0 saturated heterocycles. The molecule has 0 aliphatic rings. The lowest BCUT2D eigenvalue weighted by Crippen LogP contribution is -2.25. The van der Waals surface area contributed by atoms with Gasteiger partial charge in [-0.1, -0.05) is 123 Å². The van der Waals surface area contributed by atoms with Crippen LogP contribution >= 0.6 is 0 Å². The number of hydrogen-bond donors (Lipinski definition) is 4. The number of rotatable bonds is 39. The molecule has 0 aliphatic heterocycles. The lowest BCUT2D eigenvalue weighted by Gasteiger charge is -2.25. The fourth-order valence-corrected chi connectivity index (χ4v) is 16.9. The first-order valence-corrected chi connectivity index (χ1v) is 52.1. The predicted octanol–water partition coefficient (Wildman–Crippen LogP) is 24.6. The van der Waals surface area contributed by atoms with Gasteiger partial charge in [0.1, 0.15) is 94.1 Å². The zero-order chi connectivity index (χ0) is 102. The lowest BCUT2D eigenvalue weighted by molar-refractivity contribution is 0.590. The molecule has 32 nitrogen and oxygen atoms in total. The summed E-state index contributed by atoms with van der Waals surface area (Å²) in [6.07, 6.45) is 11.9. The largest absolute Gasteiger partial charge is 0.372 e. The maximum atomic E-state index is 13.2. The third-order valence-corrected chi connectivity index (χ3v) is 24.2. The molecule has 0 unspecified atom stereocenters. The van der Waals surface area contributed by atoms with Crippen LogP contribution in [0.15, 0.2) is 228 Å². The van der Waals surface area contributed by atoms with E-state index in [0.29, 0.717) is 0 Å². The van der Waals surface area contributed by atoms with Crippen LogP contribution in [0.5, 0.6) is 0 Å². The Morgan fingerprint density at radius 2 is 0.601 bits per heavy atom. The van der Waals surface area contributed by atoms with Crippen molar-refractivity contribution < 1.29 is 33.7 Å². The van der Waals surface area contributed by atoms with Crippen molar-refractivity contribution in [3.8, 4) is 59.7 Å². The quantitative estimate of drug-likeness (QED) is 0.0260. The van der Waals surface area contributed by atoms with Crippen molar-refractivity contribution in [2.24, 2.45) is 40.9 Å². The monoisotopic (exact) mass is 1930 g/mol. The van der Waals surface area contributed by atoms with Gasteiger partial charge in [0.2, 0.25) is 30.1 Å². The van der Waals surface area contributed by atoms with Crippen molar-refractivity contribution >= 4 is 131 Å². The lowest BCUT2D eigenvalue weighted by atomic mass is 9.84. The molecule has 0 fully saturated rings. The summed E-state index contributed by atoms with van der Waals surface area (Å²) in [5, 5.41) is 111. The molecule has 36 heteroatoms. The van der Waals surface area contributed by atoms with Crippen LogP contribution in [0.25, 0.3) is 11.1 Å². The van der Waals surface area contributed by atoms with E-state index in [1.165, 1.54) is 12.1 Å². The number of nitrogens with one attached hydrogen (secondary N) is 4. The van der Waals surface area contributed by atoms with Crippen LogP contribution in [0.1, 0.15) is 196 Å². The summed E-state index contributed by atoms with van der Waals surface area (Å²) < 4.78 is 108. The number of unbranched alkanes of at least 4 members (excludes halogenated alkanes) is 3. The first kappa shape index (κ1) is 110. The maximum absolute atomic E-state index is 13.2. The molecular weight excluding hydrogens is 1820 g/mol. The van der Waals surface area contributed by atoms with E-state index in [2.05, 4.69) is 163 Å². The first-order chi connectivity index (χ1) is 65.8. The second kappa shape index (κ2) is 52.6. The van der Waals surface area contributed by atoms with Crippen LogP contribution in [0.3, 0.4) is 0 Å². The molecule has 0 radical (unpaired) electrons. The molecule has 138 heavy (non-hydrogen) atoms. The minimum atomic E-state index is -3.90. The van der Waals surface area contributed by atoms with Crippen molar-refractivity contribution in [1.82, 2.24) is 0 Å². The summed E-state index contributed by atoms with van der Waals surface area (Å²) in [4.78, 5) is 8.69. The zero-order valence-electron chi connectivity index (χ0n) is 80.7. The fraction of sp³-hybridized carbons (Fsp3) is 0.333. The number of sulfonamides is 4. The summed E-state index contributed by atoms with van der Waals surface area (Å²) in [5.41, 5.74) is 11.9. The summed E-state index contributed by atoms with van der Waals surface area (Å²) in [5.74, 6) is 0. The molecule has 0 aliphatic carbocycles. The second-order valence-electron chi connectivity index (χ2n) is 32.9. The number of benzene rings is 10. The highest BCUT2D eigenvalue weighted by Crippen LogP contribution is 2.42. The Labute approximate surface area is 812 Å². The molecule has 10 aromatic rings. The molecule has 0 amide bonds. The van der Waals surface area contributed by atoms with Gasteiger partial charge in [0, 0.05) is 75.1 Å². The molecule has 0 aromatic heterocycles. The summed E-state index contributed by atoms with van der Waals surface area (Å²) in [7, 11) is -14.6. The van der Waals surface area contributed by atoms with Gasteiger partial charge < -0.3 is 19.6 Å². The average molecular weight is 1930 g/mol. The molecule has 4 N–H and O–H groups in total. The van der Waals surface area contributed by atoms with Crippen LogP contribution in [-0.4, -0.2) is 105 Å². The van der Waals surface area contributed by atoms with Crippen LogP contribution in [0, 0.1) is 97.6 Å². The molecule has 10 rings (SSSR count). The number of anilines is 8. The molecule has 0 atom stereocenters. The van der Waals surface area contributed by atoms with E-state index >= 15 is 0 Å². The average Bonchev–Trinajstić information content (AvgIpc) is 0.794. The van der Waals surface area contributed by atoms with E-state index in [4.69, 9.17) is 0 Å². The Bertz CT molecular complexity index is 6790. The SMILES string of the molecule is CCCCN(CCCC)c1ccc(N=Nc2c(C#N)cc(C)cc2C#N)c(NS(=O)(=O)c2ccccc2)c1.CCCCc1cc(C#N)c(N=Nc2ccc(N(CC)CC)cc2NS(C)(=O)=O)c(C#N)c1.CCCN(CCC)c1ccc(N=Nc2c(C#N)cc(C(C)(C)C)cc2C#N)c(NS(C)(=O)=O)c1.CCN(CC)c1ccc(N=Nc2c(C#N)cc(-c3ccccc3)cc2C#N)c(NS(C)(=O)=O)c1. The van der Waals surface area contributed by atoms with E-state index in [0.717, 1.165) is 179 Å². The van der Waals surface area contributed by atoms with Gasteiger partial charge in [0.25, 0.3) is 10.0 Å². The van der Waals surface area contributed by atoms with Crippen molar-refractivity contribution in [2.75, 3.05) is 110 Å². The van der Waals surface area contributed by atoms with Crippen molar-refractivity contribution in [3.63, 3.8) is 0 Å². The maximum Gasteiger partial charge on any atom is 0.261 e. The minimum Gasteiger partial charge on any atom is -0.372 e. The smallest absolute Gasteiger partial charge is 0.261 e. The Hall–Kier alpha value is -15.3. The van der Waals surface area contributed by atoms with Gasteiger partial charge in [-0.3, -0.25) is 18.9 Å². The van der Waals surface area contributed by atoms with E-state index in [1.807, 2.05) is 103 Å². The van der Waals surface area contributed by atoms with Gasteiger partial charge in [-0.15, -0.1) is 40.9 Å². The van der Waals surface area contributed by atoms with Gasteiger partial charge in [-0.05, 0) is 240 Å². The van der Waals surface area contributed by atoms with Gasteiger partial charge in [-0.2, -0.15) is 42.1 Å². The normalized spacial score (nSPS) is 11.3. The van der Waals surface area contributed by atoms with E-state index in [-0.39, 0.29) is 123 Å². The zero-order valence-corrected chi connectivity index (χ0v) is 84.0. The van der Waals surface area contributed by atoms with Crippen molar-refractivity contribution in [1.29, 1.82) is 42.1 Å². The number of nitriles is 8. The van der Waals surface area contributed by atoms with Crippen LogP contribution in [0.4, 0.5) is 91.0 Å². The van der Waals surface area contributed by atoms with E-state index in [9.17, 15) is 75.8 Å². The molecule has 10 aromatic carbocycles. The van der Waals surface area contributed by atoms with Crippen molar-refractivity contribution in [2.45, 2.75) is 158 Å². The van der Waals surface area contributed by atoms with Crippen LogP contribution in [0.2, 0.25) is 0 Å². The highest BCUT2D eigenvalue weighted by atomic mass is 32.2. The molecule has 0 saturated carbocycles. The predicted molar refractivity (Wildman–Crippen MR) is 548 cm³/mol. The Balaban J connectivity index is 0.000000251. The third-order valence-electron chi connectivity index (χ3n) is 21.1.